The summed E-state index contributed by atoms with van der Waals surface area (Å²) in [6.45, 7) is 0.353. The molecule has 1 heterocycles. The van der Waals surface area contributed by atoms with E-state index < -0.39 is 23.9 Å². The lowest BCUT2D eigenvalue weighted by molar-refractivity contribution is -0.182. The molecule has 2 rings (SSSR count). The molecule has 4 nitrogen and oxygen atoms in total. The number of methoxy groups -OCH3 is 1. The van der Waals surface area contributed by atoms with Gasteiger partial charge in [-0.25, -0.2) is 0 Å². The van der Waals surface area contributed by atoms with Crippen molar-refractivity contribution in [3.63, 3.8) is 0 Å². The van der Waals surface area contributed by atoms with E-state index in [1.807, 2.05) is 24.3 Å². The standard InChI is InChI=1S/C15H19F3N2O2/c1-22-11-4-2-10(3-5-11)6-7-20-8-12(14(19)21)13(9-20)15(16,17)18/h2-5,12-13H,6-9H2,1H3,(H2,19,21)/t12-,13-/m1/s1. The van der Waals surface area contributed by atoms with E-state index in [2.05, 4.69) is 0 Å². The summed E-state index contributed by atoms with van der Waals surface area (Å²) in [6, 6.07) is 7.37. The zero-order chi connectivity index (χ0) is 16.3. The molecule has 1 aromatic rings. The van der Waals surface area contributed by atoms with Crippen LogP contribution >= 0.6 is 0 Å². The number of ether oxygens (including phenoxy) is 1. The monoisotopic (exact) mass is 316 g/mol. The van der Waals surface area contributed by atoms with Gasteiger partial charge in [0.15, 0.2) is 0 Å². The van der Waals surface area contributed by atoms with Crippen molar-refractivity contribution in [1.82, 2.24) is 4.90 Å². The van der Waals surface area contributed by atoms with E-state index in [1.54, 1.807) is 12.0 Å². The van der Waals surface area contributed by atoms with E-state index in [9.17, 15) is 18.0 Å². The van der Waals surface area contributed by atoms with Gasteiger partial charge in [-0.1, -0.05) is 12.1 Å². The number of nitrogens with zero attached hydrogens (tertiary/aromatic N) is 1. The molecule has 2 N–H and O–H groups in total. The second-order valence-corrected chi connectivity index (χ2v) is 5.51. The van der Waals surface area contributed by atoms with Gasteiger partial charge in [0.1, 0.15) is 5.75 Å². The van der Waals surface area contributed by atoms with Crippen LogP contribution in [0.2, 0.25) is 0 Å². The van der Waals surface area contributed by atoms with Crippen LogP contribution in [-0.2, 0) is 11.2 Å². The van der Waals surface area contributed by atoms with E-state index in [0.29, 0.717) is 13.0 Å². The van der Waals surface area contributed by atoms with E-state index in [4.69, 9.17) is 10.5 Å². The molecule has 0 spiro atoms. The zero-order valence-electron chi connectivity index (χ0n) is 12.3. The van der Waals surface area contributed by atoms with Crippen LogP contribution < -0.4 is 10.5 Å². The van der Waals surface area contributed by atoms with Crippen LogP contribution in [0.1, 0.15) is 5.56 Å². The number of primary amides is 1. The minimum atomic E-state index is -4.39. The largest absolute Gasteiger partial charge is 0.497 e. The summed E-state index contributed by atoms with van der Waals surface area (Å²) in [5.41, 5.74) is 6.11. The van der Waals surface area contributed by atoms with Crippen LogP contribution in [0.4, 0.5) is 13.2 Å². The van der Waals surface area contributed by atoms with Crippen molar-refractivity contribution in [1.29, 1.82) is 0 Å². The van der Waals surface area contributed by atoms with Crippen molar-refractivity contribution in [2.24, 2.45) is 17.6 Å². The van der Waals surface area contributed by atoms with Crippen LogP contribution in [0.15, 0.2) is 24.3 Å². The second-order valence-electron chi connectivity index (χ2n) is 5.51. The van der Waals surface area contributed by atoms with Crippen molar-refractivity contribution in [3.05, 3.63) is 29.8 Å². The maximum Gasteiger partial charge on any atom is 0.393 e. The summed E-state index contributed by atoms with van der Waals surface area (Å²) in [6.07, 6.45) is -3.78. The minimum Gasteiger partial charge on any atom is -0.497 e. The molecule has 0 radical (unpaired) electrons. The zero-order valence-corrected chi connectivity index (χ0v) is 12.3. The van der Waals surface area contributed by atoms with Crippen LogP contribution in [0.5, 0.6) is 5.75 Å². The highest BCUT2D eigenvalue weighted by molar-refractivity contribution is 5.77. The normalized spacial score (nSPS) is 22.7. The maximum absolute atomic E-state index is 12.9. The van der Waals surface area contributed by atoms with E-state index in [1.165, 1.54) is 0 Å². The highest BCUT2D eigenvalue weighted by Crippen LogP contribution is 2.37. The molecule has 2 atom stereocenters. The van der Waals surface area contributed by atoms with Gasteiger partial charge < -0.3 is 15.4 Å². The maximum atomic E-state index is 12.9. The van der Waals surface area contributed by atoms with Crippen LogP contribution in [0.3, 0.4) is 0 Å². The third-order valence-corrected chi connectivity index (χ3v) is 4.06. The first-order valence-corrected chi connectivity index (χ1v) is 7.02. The topological polar surface area (TPSA) is 55.6 Å². The summed E-state index contributed by atoms with van der Waals surface area (Å²) in [4.78, 5) is 12.9. The molecular weight excluding hydrogens is 297 g/mol. The van der Waals surface area contributed by atoms with Gasteiger partial charge in [0, 0.05) is 19.6 Å². The van der Waals surface area contributed by atoms with Crippen molar-refractivity contribution < 1.29 is 22.7 Å². The fourth-order valence-corrected chi connectivity index (χ4v) is 2.77. The number of carbonyl (C=O) groups is 1. The Balaban J connectivity index is 1.94. The Morgan fingerprint density at radius 3 is 2.41 bits per heavy atom. The van der Waals surface area contributed by atoms with Gasteiger partial charge in [-0.05, 0) is 24.1 Å². The second kappa shape index (κ2) is 6.56. The quantitative estimate of drug-likeness (QED) is 0.902. The fourth-order valence-electron chi connectivity index (χ4n) is 2.77. The van der Waals surface area contributed by atoms with E-state index in [-0.39, 0.29) is 13.1 Å². The average Bonchev–Trinajstić information content (AvgIpc) is 2.90. The fraction of sp³-hybridized carbons (Fsp3) is 0.533. The number of benzene rings is 1. The molecule has 0 saturated carbocycles. The van der Waals surface area contributed by atoms with E-state index in [0.717, 1.165) is 11.3 Å². The first-order chi connectivity index (χ1) is 10.3. The van der Waals surface area contributed by atoms with Crippen molar-refractivity contribution in [3.8, 4) is 5.75 Å². The third kappa shape index (κ3) is 3.91. The third-order valence-electron chi connectivity index (χ3n) is 4.06. The first kappa shape index (κ1) is 16.6. The molecule has 7 heteroatoms. The lowest BCUT2D eigenvalue weighted by Crippen LogP contribution is -2.37. The van der Waals surface area contributed by atoms with Crippen molar-refractivity contribution in [2.45, 2.75) is 12.6 Å². The SMILES string of the molecule is COc1ccc(CCN2C[C@@H](C(F)(F)F)[C@H](C(N)=O)C2)cc1. The average molecular weight is 316 g/mol. The molecule has 22 heavy (non-hydrogen) atoms. The van der Waals surface area contributed by atoms with Crippen LogP contribution in [0, 0.1) is 11.8 Å². The highest BCUT2D eigenvalue weighted by atomic mass is 19.4. The Kier molecular flexibility index (Phi) is 4.95. The molecule has 0 unspecified atom stereocenters. The number of halogens is 3. The Morgan fingerprint density at radius 2 is 1.95 bits per heavy atom. The van der Waals surface area contributed by atoms with Gasteiger partial charge in [-0.2, -0.15) is 13.2 Å². The van der Waals surface area contributed by atoms with Gasteiger partial charge >= 0.3 is 6.18 Å². The molecule has 0 bridgehead atoms. The number of likely N-dealkylation sites (tertiary alicyclic amines) is 1. The summed E-state index contributed by atoms with van der Waals surface area (Å²) in [7, 11) is 1.57. The predicted molar refractivity (Wildman–Crippen MR) is 75.4 cm³/mol. The van der Waals surface area contributed by atoms with Crippen LogP contribution in [-0.4, -0.2) is 43.7 Å². The van der Waals surface area contributed by atoms with Gasteiger partial charge in [0.2, 0.25) is 5.91 Å². The number of nitrogens with two attached hydrogens (primary N) is 1. The van der Waals surface area contributed by atoms with Crippen LogP contribution in [0.25, 0.3) is 0 Å². The highest BCUT2D eigenvalue weighted by Gasteiger charge is 2.51. The number of carbonyl (C=O) groups excluding carboxylic acids is 1. The van der Waals surface area contributed by atoms with Gasteiger partial charge in [-0.15, -0.1) is 0 Å². The van der Waals surface area contributed by atoms with E-state index >= 15 is 0 Å². The molecule has 122 valence electrons. The van der Waals surface area contributed by atoms with Gasteiger partial charge in [0.25, 0.3) is 0 Å². The summed E-state index contributed by atoms with van der Waals surface area (Å²) < 4.78 is 43.9. The number of hydrogen-bond acceptors (Lipinski definition) is 3. The Morgan fingerprint density at radius 1 is 1.32 bits per heavy atom. The van der Waals surface area contributed by atoms with Gasteiger partial charge in [-0.3, -0.25) is 4.79 Å². The molecule has 0 aromatic heterocycles. The lowest BCUT2D eigenvalue weighted by atomic mass is 9.95. The molecule has 1 aliphatic rings. The lowest BCUT2D eigenvalue weighted by Gasteiger charge is -2.18. The number of alkyl halides is 3. The molecule has 0 aliphatic carbocycles. The van der Waals surface area contributed by atoms with Crippen molar-refractivity contribution in [2.75, 3.05) is 26.7 Å². The Hall–Kier alpha value is -1.76. The predicted octanol–water partition coefficient (Wildman–Crippen LogP) is 1.83. The first-order valence-electron chi connectivity index (χ1n) is 7.02. The number of rotatable bonds is 5. The summed E-state index contributed by atoms with van der Waals surface area (Å²) in [5, 5.41) is 0. The number of hydrogen-bond donors (Lipinski definition) is 1. The molecular formula is C15H19F3N2O2. The minimum absolute atomic E-state index is 0.0651. The smallest absolute Gasteiger partial charge is 0.393 e. The molecule has 1 aromatic carbocycles. The van der Waals surface area contributed by atoms with Crippen molar-refractivity contribution >= 4 is 5.91 Å². The molecule has 1 aliphatic heterocycles. The summed E-state index contributed by atoms with van der Waals surface area (Å²) in [5.74, 6) is -2.97. The van der Waals surface area contributed by atoms with Gasteiger partial charge in [0.05, 0.1) is 18.9 Å². The Labute approximate surface area is 127 Å². The molecule has 1 fully saturated rings. The Bertz CT molecular complexity index is 517. The number of amides is 1. The molecule has 1 amide bonds. The molecule has 1 saturated heterocycles. The summed E-state index contributed by atoms with van der Waals surface area (Å²) >= 11 is 0.